The average Bonchev–Trinajstić information content (AvgIpc) is 2.36. The normalized spacial score (nSPS) is 10.7. The summed E-state index contributed by atoms with van der Waals surface area (Å²) >= 11 is 0. The predicted octanol–water partition coefficient (Wildman–Crippen LogP) is 1.46. The number of carbonyl (C=O) groups excluding carboxylic acids is 2. The molecule has 0 bridgehead atoms. The number of rotatable bonds is 3. The van der Waals surface area contributed by atoms with Crippen LogP contribution in [0.15, 0.2) is 18.2 Å². The molecule has 2 amide bonds. The minimum atomic E-state index is -0.878. The number of nitrogens with one attached hydrogen (secondary N) is 2. The Balaban J connectivity index is 2.90. The third-order valence-corrected chi connectivity index (χ3v) is 2.34. The number of nitrogens with zero attached hydrogens (tertiary/aromatic N) is 1. The summed E-state index contributed by atoms with van der Waals surface area (Å²) in [5.41, 5.74) is -0.547. The molecule has 0 saturated carbocycles. The van der Waals surface area contributed by atoms with Gasteiger partial charge in [-0.3, -0.25) is 19.7 Å². The number of nitro benzene ring substituents is 1. The molecule has 0 spiro atoms. The second-order valence-electron chi connectivity index (χ2n) is 5.30. The van der Waals surface area contributed by atoms with Crippen LogP contribution < -0.4 is 15.4 Å². The molecule has 1 rings (SSSR count). The van der Waals surface area contributed by atoms with Gasteiger partial charge in [-0.15, -0.1) is 0 Å². The van der Waals surface area contributed by atoms with Gasteiger partial charge < -0.3 is 15.4 Å². The minimum absolute atomic E-state index is 0.0982. The van der Waals surface area contributed by atoms with Crippen molar-refractivity contribution in [3.63, 3.8) is 0 Å². The lowest BCUT2D eigenvalue weighted by molar-refractivity contribution is -0.384. The van der Waals surface area contributed by atoms with Crippen molar-refractivity contribution < 1.29 is 19.2 Å². The predicted molar refractivity (Wildman–Crippen MR) is 76.2 cm³/mol. The molecule has 0 heterocycles. The Morgan fingerprint density at radius 2 is 1.86 bits per heavy atom. The van der Waals surface area contributed by atoms with E-state index in [1.165, 1.54) is 19.2 Å². The Kier molecular flexibility index (Phi) is 4.85. The number of ether oxygens (including phenoxy) is 1. The van der Waals surface area contributed by atoms with Crippen LogP contribution in [0.1, 0.15) is 20.8 Å². The molecule has 0 unspecified atom stereocenters. The number of carbonyl (C=O) groups is 2. The van der Waals surface area contributed by atoms with Crippen molar-refractivity contribution in [2.75, 3.05) is 12.4 Å². The van der Waals surface area contributed by atoms with E-state index < -0.39 is 22.3 Å². The van der Waals surface area contributed by atoms with Crippen LogP contribution in [0.5, 0.6) is 5.75 Å². The van der Waals surface area contributed by atoms with Crippen LogP contribution in [0.4, 0.5) is 11.4 Å². The van der Waals surface area contributed by atoms with Gasteiger partial charge in [0.15, 0.2) is 0 Å². The maximum absolute atomic E-state index is 11.8. The van der Waals surface area contributed by atoms with Crippen molar-refractivity contribution in [3.05, 3.63) is 28.3 Å². The third kappa shape index (κ3) is 4.75. The minimum Gasteiger partial charge on any atom is -0.494 e. The summed E-state index contributed by atoms with van der Waals surface area (Å²) < 4.78 is 4.97. The topological polar surface area (TPSA) is 111 Å². The van der Waals surface area contributed by atoms with Crippen LogP contribution in [-0.4, -0.2) is 29.4 Å². The zero-order chi connectivity index (χ0) is 16.2. The van der Waals surface area contributed by atoms with Gasteiger partial charge in [0.2, 0.25) is 0 Å². The van der Waals surface area contributed by atoms with Gasteiger partial charge in [-0.25, -0.2) is 0 Å². The van der Waals surface area contributed by atoms with Crippen LogP contribution >= 0.6 is 0 Å². The Morgan fingerprint density at radius 3 is 2.33 bits per heavy atom. The highest BCUT2D eigenvalue weighted by molar-refractivity contribution is 6.39. The molecule has 0 atom stereocenters. The molecule has 21 heavy (non-hydrogen) atoms. The fourth-order valence-electron chi connectivity index (χ4n) is 1.47. The molecule has 8 heteroatoms. The molecule has 0 aliphatic rings. The SMILES string of the molecule is COc1cc([N+](=O)[O-])ccc1NC(=O)C(=O)NC(C)(C)C. The number of amides is 2. The van der Waals surface area contributed by atoms with Crippen LogP contribution in [0.2, 0.25) is 0 Å². The first-order valence-electron chi connectivity index (χ1n) is 6.10. The van der Waals surface area contributed by atoms with Crippen molar-refractivity contribution >= 4 is 23.2 Å². The summed E-state index contributed by atoms with van der Waals surface area (Å²) in [6, 6.07) is 3.68. The molecule has 0 radical (unpaired) electrons. The van der Waals surface area contributed by atoms with E-state index in [4.69, 9.17) is 4.74 Å². The van der Waals surface area contributed by atoms with E-state index in [0.29, 0.717) is 0 Å². The first-order chi connectivity index (χ1) is 9.64. The first kappa shape index (κ1) is 16.4. The first-order valence-corrected chi connectivity index (χ1v) is 6.10. The maximum atomic E-state index is 11.8. The zero-order valence-electron chi connectivity index (χ0n) is 12.2. The third-order valence-electron chi connectivity index (χ3n) is 2.34. The van der Waals surface area contributed by atoms with Gasteiger partial charge >= 0.3 is 11.8 Å². The van der Waals surface area contributed by atoms with Crippen LogP contribution in [0.3, 0.4) is 0 Å². The van der Waals surface area contributed by atoms with Crippen molar-refractivity contribution in [1.29, 1.82) is 0 Å². The number of hydrogen-bond acceptors (Lipinski definition) is 5. The Labute approximate surface area is 121 Å². The van der Waals surface area contributed by atoms with E-state index in [-0.39, 0.29) is 17.1 Å². The molecule has 0 aromatic heterocycles. The fourth-order valence-corrected chi connectivity index (χ4v) is 1.47. The second kappa shape index (κ2) is 6.21. The number of non-ortho nitro benzene ring substituents is 1. The molecule has 0 aliphatic heterocycles. The molecule has 0 saturated heterocycles. The number of hydrogen-bond donors (Lipinski definition) is 2. The summed E-state index contributed by atoms with van der Waals surface area (Å²) in [5.74, 6) is -1.58. The monoisotopic (exact) mass is 295 g/mol. The molecule has 1 aromatic rings. The number of benzene rings is 1. The molecule has 1 aromatic carbocycles. The van der Waals surface area contributed by atoms with E-state index in [0.717, 1.165) is 6.07 Å². The molecule has 0 fully saturated rings. The van der Waals surface area contributed by atoms with Crippen molar-refractivity contribution in [1.82, 2.24) is 5.32 Å². The molecule has 8 nitrogen and oxygen atoms in total. The molecule has 2 N–H and O–H groups in total. The number of methoxy groups -OCH3 is 1. The largest absolute Gasteiger partial charge is 0.494 e. The molecular weight excluding hydrogens is 278 g/mol. The number of nitro groups is 1. The average molecular weight is 295 g/mol. The highest BCUT2D eigenvalue weighted by Crippen LogP contribution is 2.28. The van der Waals surface area contributed by atoms with Crippen molar-refractivity contribution in [3.8, 4) is 5.75 Å². The smallest absolute Gasteiger partial charge is 0.313 e. The highest BCUT2D eigenvalue weighted by atomic mass is 16.6. The van der Waals surface area contributed by atoms with Gasteiger partial charge in [0, 0.05) is 11.6 Å². The summed E-state index contributed by atoms with van der Waals surface area (Å²) in [6.45, 7) is 5.22. The standard InChI is InChI=1S/C13H17N3O5/c1-13(2,3)15-12(18)11(17)14-9-6-5-8(16(19)20)7-10(9)21-4/h5-7H,1-4H3,(H,14,17)(H,15,18). The van der Waals surface area contributed by atoms with Crippen LogP contribution in [0.25, 0.3) is 0 Å². The Bertz CT molecular complexity index is 578. The lowest BCUT2D eigenvalue weighted by Crippen LogP contribution is -2.46. The second-order valence-corrected chi connectivity index (χ2v) is 5.30. The van der Waals surface area contributed by atoms with E-state index in [1.807, 2.05) is 0 Å². The van der Waals surface area contributed by atoms with Gasteiger partial charge in [0.05, 0.1) is 23.8 Å². The quantitative estimate of drug-likeness (QED) is 0.498. The maximum Gasteiger partial charge on any atom is 0.313 e. The summed E-state index contributed by atoms with van der Waals surface area (Å²) in [7, 11) is 1.31. The van der Waals surface area contributed by atoms with E-state index >= 15 is 0 Å². The van der Waals surface area contributed by atoms with Crippen molar-refractivity contribution in [2.45, 2.75) is 26.3 Å². The zero-order valence-corrected chi connectivity index (χ0v) is 12.2. The molecule has 0 aliphatic carbocycles. The summed E-state index contributed by atoms with van der Waals surface area (Å²) in [6.07, 6.45) is 0. The van der Waals surface area contributed by atoms with E-state index in [2.05, 4.69) is 10.6 Å². The van der Waals surface area contributed by atoms with Gasteiger partial charge in [-0.1, -0.05) is 0 Å². The van der Waals surface area contributed by atoms with Crippen LogP contribution in [0, 0.1) is 10.1 Å². The lowest BCUT2D eigenvalue weighted by Gasteiger charge is -2.20. The van der Waals surface area contributed by atoms with Crippen molar-refractivity contribution in [2.24, 2.45) is 0 Å². The molecular formula is C13H17N3O5. The Morgan fingerprint density at radius 1 is 1.24 bits per heavy atom. The number of anilines is 1. The Hall–Kier alpha value is -2.64. The lowest BCUT2D eigenvalue weighted by atomic mass is 10.1. The van der Waals surface area contributed by atoms with Gasteiger partial charge in [-0.05, 0) is 26.8 Å². The highest BCUT2D eigenvalue weighted by Gasteiger charge is 2.22. The van der Waals surface area contributed by atoms with Gasteiger partial charge in [-0.2, -0.15) is 0 Å². The van der Waals surface area contributed by atoms with Gasteiger partial charge in [0.1, 0.15) is 5.75 Å². The summed E-state index contributed by atoms with van der Waals surface area (Å²) in [5, 5.41) is 15.5. The summed E-state index contributed by atoms with van der Waals surface area (Å²) in [4.78, 5) is 33.5. The van der Waals surface area contributed by atoms with E-state index in [9.17, 15) is 19.7 Å². The van der Waals surface area contributed by atoms with Gasteiger partial charge in [0.25, 0.3) is 5.69 Å². The van der Waals surface area contributed by atoms with Crippen LogP contribution in [-0.2, 0) is 9.59 Å². The molecule has 114 valence electrons. The van der Waals surface area contributed by atoms with E-state index in [1.54, 1.807) is 20.8 Å². The fraction of sp³-hybridized carbons (Fsp3) is 0.385.